The number of thiocarbonyl (C=S) groups is 1. The van der Waals surface area contributed by atoms with Crippen molar-refractivity contribution < 1.29 is 23.7 Å². The molecule has 0 aromatic heterocycles. The quantitative estimate of drug-likeness (QED) is 0.626. The van der Waals surface area contributed by atoms with Crippen LogP contribution in [-0.2, 0) is 14.2 Å². The highest BCUT2D eigenvalue weighted by molar-refractivity contribution is 7.80. The minimum Gasteiger partial charge on any atom is -0.497 e. The summed E-state index contributed by atoms with van der Waals surface area (Å²) in [5.41, 5.74) is 1.51. The molecule has 0 bridgehead atoms. The molecule has 0 radical (unpaired) electrons. The van der Waals surface area contributed by atoms with Gasteiger partial charge < -0.3 is 29.6 Å². The Hall–Kier alpha value is -2.88. The number of anilines is 2. The molecule has 3 N–H and O–H groups in total. The molecule has 158 valence electrons. The highest BCUT2D eigenvalue weighted by Crippen LogP contribution is 2.29. The van der Waals surface area contributed by atoms with Gasteiger partial charge in [-0.2, -0.15) is 0 Å². The Bertz CT molecular complexity index is 880. The molecule has 1 amide bonds. The van der Waals surface area contributed by atoms with Gasteiger partial charge in [-0.3, -0.25) is 5.32 Å². The minimum atomic E-state index is -0.560. The smallest absolute Gasteiger partial charge is 0.412 e. The number of amides is 1. The highest BCUT2D eigenvalue weighted by Gasteiger charge is 2.49. The van der Waals surface area contributed by atoms with E-state index >= 15 is 0 Å². The first kappa shape index (κ1) is 20.4. The van der Waals surface area contributed by atoms with Crippen molar-refractivity contribution in [3.05, 3.63) is 54.6 Å². The molecule has 30 heavy (non-hydrogen) atoms. The lowest BCUT2D eigenvalue weighted by Gasteiger charge is -2.20. The largest absolute Gasteiger partial charge is 0.497 e. The van der Waals surface area contributed by atoms with Crippen molar-refractivity contribution in [1.82, 2.24) is 5.32 Å². The van der Waals surface area contributed by atoms with E-state index < -0.39 is 12.2 Å². The predicted molar refractivity (Wildman–Crippen MR) is 116 cm³/mol. The predicted octanol–water partition coefficient (Wildman–Crippen LogP) is 2.77. The van der Waals surface area contributed by atoms with Gasteiger partial charge >= 0.3 is 6.09 Å². The fourth-order valence-corrected chi connectivity index (χ4v) is 3.77. The topological polar surface area (TPSA) is 90.1 Å². The van der Waals surface area contributed by atoms with Crippen molar-refractivity contribution in [3.63, 3.8) is 0 Å². The zero-order valence-corrected chi connectivity index (χ0v) is 17.2. The number of carbonyl (C=O) groups is 1. The summed E-state index contributed by atoms with van der Waals surface area (Å²) < 4.78 is 22.3. The third-order valence-electron chi connectivity index (χ3n) is 4.95. The van der Waals surface area contributed by atoms with Crippen LogP contribution in [0.15, 0.2) is 54.6 Å². The maximum atomic E-state index is 12.3. The van der Waals surface area contributed by atoms with Crippen LogP contribution in [0.1, 0.15) is 0 Å². The van der Waals surface area contributed by atoms with Crippen molar-refractivity contribution in [2.75, 3.05) is 31.0 Å². The first-order valence-corrected chi connectivity index (χ1v) is 10.0. The molecule has 4 atom stereocenters. The van der Waals surface area contributed by atoms with E-state index in [2.05, 4.69) is 16.0 Å². The second-order valence-electron chi connectivity index (χ2n) is 6.96. The second-order valence-corrected chi connectivity index (χ2v) is 7.37. The van der Waals surface area contributed by atoms with Gasteiger partial charge in [-0.05, 0) is 48.6 Å². The van der Waals surface area contributed by atoms with Crippen LogP contribution in [0.4, 0.5) is 16.2 Å². The normalized spacial score (nSPS) is 24.6. The molecule has 2 aromatic carbocycles. The molecule has 0 saturated carbocycles. The molecular formula is C21H23N3O5S. The average Bonchev–Trinajstić information content (AvgIpc) is 3.33. The average molecular weight is 429 g/mol. The van der Waals surface area contributed by atoms with Crippen LogP contribution in [-0.4, -0.2) is 55.9 Å². The molecule has 2 heterocycles. The summed E-state index contributed by atoms with van der Waals surface area (Å²) in [6.07, 6.45) is -1.64. The van der Waals surface area contributed by atoms with Gasteiger partial charge in [0.25, 0.3) is 0 Å². The molecule has 2 fully saturated rings. The number of ether oxygens (including phenoxy) is 4. The van der Waals surface area contributed by atoms with E-state index in [1.54, 1.807) is 31.4 Å². The van der Waals surface area contributed by atoms with Crippen LogP contribution in [0.3, 0.4) is 0 Å². The summed E-state index contributed by atoms with van der Waals surface area (Å²) in [6.45, 7) is 0.675. The van der Waals surface area contributed by atoms with E-state index in [-0.39, 0.29) is 24.9 Å². The number of benzene rings is 2. The van der Waals surface area contributed by atoms with Crippen LogP contribution >= 0.6 is 12.2 Å². The number of hydrogen-bond acceptors (Lipinski definition) is 6. The molecule has 0 spiro atoms. The molecular weight excluding hydrogens is 406 g/mol. The number of carbonyl (C=O) groups excluding carboxylic acids is 1. The Morgan fingerprint density at radius 3 is 2.40 bits per heavy atom. The van der Waals surface area contributed by atoms with E-state index in [1.807, 2.05) is 30.3 Å². The summed E-state index contributed by atoms with van der Waals surface area (Å²) in [4.78, 5) is 12.3. The van der Waals surface area contributed by atoms with Gasteiger partial charge in [0.05, 0.1) is 26.4 Å². The molecule has 2 aliphatic rings. The number of nitrogens with one attached hydrogen (secondary N) is 3. The Morgan fingerprint density at radius 2 is 1.67 bits per heavy atom. The molecule has 4 rings (SSSR count). The second kappa shape index (κ2) is 9.29. The van der Waals surface area contributed by atoms with Crippen LogP contribution in [0.5, 0.6) is 5.75 Å². The lowest BCUT2D eigenvalue weighted by Crippen LogP contribution is -2.46. The van der Waals surface area contributed by atoms with E-state index in [4.69, 9.17) is 31.2 Å². The monoisotopic (exact) mass is 429 g/mol. The van der Waals surface area contributed by atoms with E-state index in [9.17, 15) is 4.79 Å². The summed E-state index contributed by atoms with van der Waals surface area (Å²) in [5.74, 6) is 0.707. The van der Waals surface area contributed by atoms with E-state index in [0.29, 0.717) is 23.2 Å². The number of hydrogen-bond donors (Lipinski definition) is 3. The number of fused-ring (bicyclic) bond motifs is 1. The Kier molecular flexibility index (Phi) is 6.32. The van der Waals surface area contributed by atoms with Gasteiger partial charge in [-0.1, -0.05) is 18.2 Å². The summed E-state index contributed by atoms with van der Waals surface area (Å²) in [7, 11) is 1.58. The van der Waals surface area contributed by atoms with Gasteiger partial charge in [0.1, 0.15) is 18.0 Å². The number of para-hydroxylation sites is 1. The van der Waals surface area contributed by atoms with Crippen molar-refractivity contribution >= 4 is 34.8 Å². The van der Waals surface area contributed by atoms with Gasteiger partial charge in [0.15, 0.2) is 11.2 Å². The van der Waals surface area contributed by atoms with Crippen LogP contribution < -0.4 is 20.7 Å². The van der Waals surface area contributed by atoms with Crippen LogP contribution in [0.2, 0.25) is 0 Å². The summed E-state index contributed by atoms with van der Waals surface area (Å²) in [6, 6.07) is 16.5. The van der Waals surface area contributed by atoms with Crippen LogP contribution in [0.25, 0.3) is 0 Å². The Balaban J connectivity index is 1.27. The zero-order chi connectivity index (χ0) is 20.9. The fourth-order valence-electron chi connectivity index (χ4n) is 3.51. The van der Waals surface area contributed by atoms with Crippen LogP contribution in [0, 0.1) is 0 Å². The van der Waals surface area contributed by atoms with Gasteiger partial charge in [-0.25, -0.2) is 4.79 Å². The van der Waals surface area contributed by atoms with Crippen molar-refractivity contribution in [2.24, 2.45) is 0 Å². The number of methoxy groups -OCH3 is 1. The lowest BCUT2D eigenvalue weighted by atomic mass is 10.1. The van der Waals surface area contributed by atoms with Gasteiger partial charge in [0.2, 0.25) is 0 Å². The van der Waals surface area contributed by atoms with E-state index in [0.717, 1.165) is 5.69 Å². The summed E-state index contributed by atoms with van der Waals surface area (Å²) in [5, 5.41) is 9.54. The first-order chi connectivity index (χ1) is 14.6. The maximum Gasteiger partial charge on any atom is 0.412 e. The van der Waals surface area contributed by atoms with E-state index in [1.165, 1.54) is 0 Å². The molecule has 2 aliphatic heterocycles. The van der Waals surface area contributed by atoms with Gasteiger partial charge in [0, 0.05) is 11.4 Å². The molecule has 9 heteroatoms. The third kappa shape index (κ3) is 4.81. The molecule has 0 unspecified atom stereocenters. The Labute approximate surface area is 179 Å². The maximum absolute atomic E-state index is 12.3. The summed E-state index contributed by atoms with van der Waals surface area (Å²) >= 11 is 5.39. The molecule has 2 aromatic rings. The fraction of sp³-hybridized carbons (Fsp3) is 0.333. The zero-order valence-electron chi connectivity index (χ0n) is 16.4. The third-order valence-corrected chi connectivity index (χ3v) is 5.17. The molecule has 2 saturated heterocycles. The minimum absolute atomic E-state index is 0.128. The molecule has 8 nitrogen and oxygen atoms in total. The highest BCUT2D eigenvalue weighted by atomic mass is 32.1. The standard InChI is InChI=1S/C21H23N3O5S/c1-26-15-9-7-14(8-10-15)23-21(25)29-17-12-28-18-16(11-27-19(17)18)24-20(30)22-13-5-3-2-4-6-13/h2-10,16-19H,11-12H2,1H3,(H,23,25)(H2,22,24,30)/t16-,17-,18-,19+/m0/s1. The van der Waals surface area contributed by atoms with Gasteiger partial charge in [-0.15, -0.1) is 0 Å². The first-order valence-electron chi connectivity index (χ1n) is 9.60. The Morgan fingerprint density at radius 1 is 0.967 bits per heavy atom. The van der Waals surface area contributed by atoms with Crippen molar-refractivity contribution in [3.8, 4) is 5.75 Å². The molecule has 0 aliphatic carbocycles. The van der Waals surface area contributed by atoms with Crippen molar-refractivity contribution in [1.29, 1.82) is 0 Å². The SMILES string of the molecule is COc1ccc(NC(=O)O[C@H]2CO[C@@H]3[C@@H]2OC[C@@H]3NC(=S)Nc2ccccc2)cc1. The lowest BCUT2D eigenvalue weighted by molar-refractivity contribution is 0.00880. The van der Waals surface area contributed by atoms with Crippen molar-refractivity contribution in [2.45, 2.75) is 24.4 Å². The number of rotatable bonds is 5.